The van der Waals surface area contributed by atoms with Crippen molar-refractivity contribution >= 4 is 5.95 Å². The summed E-state index contributed by atoms with van der Waals surface area (Å²) in [6.07, 6.45) is 8.98. The van der Waals surface area contributed by atoms with Gasteiger partial charge in [0.2, 0.25) is 5.95 Å². The third kappa shape index (κ3) is 3.15. The molecule has 0 saturated heterocycles. The average molecular weight is 209 g/mol. The zero-order chi connectivity index (χ0) is 10.5. The van der Waals surface area contributed by atoms with Gasteiger partial charge in [-0.25, -0.2) is 14.4 Å². The third-order valence-corrected chi connectivity index (χ3v) is 2.89. The Kier molecular flexibility index (Phi) is 3.48. The van der Waals surface area contributed by atoms with Crippen LogP contribution in [0.1, 0.15) is 32.1 Å². The first-order valence-corrected chi connectivity index (χ1v) is 5.56. The zero-order valence-electron chi connectivity index (χ0n) is 8.75. The van der Waals surface area contributed by atoms with Gasteiger partial charge in [-0.05, 0) is 18.8 Å². The fourth-order valence-electron chi connectivity index (χ4n) is 2.03. The fraction of sp³-hybridized carbons (Fsp3) is 0.636. The topological polar surface area (TPSA) is 37.8 Å². The van der Waals surface area contributed by atoms with Crippen LogP contribution < -0.4 is 5.32 Å². The van der Waals surface area contributed by atoms with Crippen LogP contribution in [0.25, 0.3) is 0 Å². The molecule has 1 aliphatic rings. The molecular formula is C11H16FN3. The Hall–Kier alpha value is -1.19. The second kappa shape index (κ2) is 5.05. The van der Waals surface area contributed by atoms with Gasteiger partial charge >= 0.3 is 0 Å². The maximum atomic E-state index is 12.5. The van der Waals surface area contributed by atoms with E-state index in [-0.39, 0.29) is 0 Å². The molecule has 1 fully saturated rings. The molecule has 15 heavy (non-hydrogen) atoms. The molecule has 0 unspecified atom stereocenters. The molecule has 3 nitrogen and oxygen atoms in total. The maximum Gasteiger partial charge on any atom is 0.222 e. The lowest BCUT2D eigenvalue weighted by Crippen LogP contribution is -2.18. The highest BCUT2D eigenvalue weighted by molar-refractivity contribution is 5.22. The molecule has 1 heterocycles. The fourth-order valence-corrected chi connectivity index (χ4v) is 2.03. The number of rotatable bonds is 3. The zero-order valence-corrected chi connectivity index (χ0v) is 8.75. The highest BCUT2D eigenvalue weighted by Crippen LogP contribution is 2.23. The van der Waals surface area contributed by atoms with Crippen LogP contribution in [0.3, 0.4) is 0 Å². The van der Waals surface area contributed by atoms with Gasteiger partial charge in [-0.3, -0.25) is 0 Å². The number of nitrogens with zero attached hydrogens (tertiary/aromatic N) is 2. The SMILES string of the molecule is Fc1cnc(NCC2CCCCC2)nc1. The van der Waals surface area contributed by atoms with Gasteiger partial charge in [0.1, 0.15) is 0 Å². The van der Waals surface area contributed by atoms with Crippen molar-refractivity contribution in [3.05, 3.63) is 18.2 Å². The van der Waals surface area contributed by atoms with Crippen LogP contribution in [0.2, 0.25) is 0 Å². The first kappa shape index (κ1) is 10.3. The molecule has 2 rings (SSSR count). The highest BCUT2D eigenvalue weighted by Gasteiger charge is 2.13. The molecule has 1 N–H and O–H groups in total. The molecule has 1 aromatic heterocycles. The second-order valence-corrected chi connectivity index (χ2v) is 4.11. The summed E-state index contributed by atoms with van der Waals surface area (Å²) in [5, 5.41) is 3.15. The molecule has 1 aromatic rings. The Morgan fingerprint density at radius 3 is 2.53 bits per heavy atom. The van der Waals surface area contributed by atoms with Crippen molar-refractivity contribution in [2.45, 2.75) is 32.1 Å². The normalized spacial score (nSPS) is 17.7. The van der Waals surface area contributed by atoms with Gasteiger partial charge in [0.25, 0.3) is 0 Å². The minimum Gasteiger partial charge on any atom is -0.354 e. The largest absolute Gasteiger partial charge is 0.354 e. The van der Waals surface area contributed by atoms with Crippen molar-refractivity contribution in [2.24, 2.45) is 5.92 Å². The van der Waals surface area contributed by atoms with Gasteiger partial charge in [0.05, 0.1) is 12.4 Å². The summed E-state index contributed by atoms with van der Waals surface area (Å²) < 4.78 is 12.5. The van der Waals surface area contributed by atoms with E-state index in [1.165, 1.54) is 44.5 Å². The first-order valence-electron chi connectivity index (χ1n) is 5.56. The van der Waals surface area contributed by atoms with E-state index in [9.17, 15) is 4.39 Å². The summed E-state index contributed by atoms with van der Waals surface area (Å²) in [6, 6.07) is 0. The minimum absolute atomic E-state index is 0.391. The van der Waals surface area contributed by atoms with Crippen LogP contribution in [0.4, 0.5) is 10.3 Å². The van der Waals surface area contributed by atoms with Crippen molar-refractivity contribution in [3.8, 4) is 0 Å². The summed E-state index contributed by atoms with van der Waals surface area (Å²) >= 11 is 0. The van der Waals surface area contributed by atoms with Crippen LogP contribution in [0.15, 0.2) is 12.4 Å². The van der Waals surface area contributed by atoms with E-state index < -0.39 is 5.82 Å². The summed E-state index contributed by atoms with van der Waals surface area (Å²) in [5.74, 6) is 0.868. The predicted molar refractivity (Wildman–Crippen MR) is 57.1 cm³/mol. The van der Waals surface area contributed by atoms with Crippen LogP contribution in [0.5, 0.6) is 0 Å². The summed E-state index contributed by atoms with van der Waals surface area (Å²) in [6.45, 7) is 0.908. The first-order chi connectivity index (χ1) is 7.34. The lowest BCUT2D eigenvalue weighted by atomic mass is 9.89. The van der Waals surface area contributed by atoms with E-state index in [4.69, 9.17) is 0 Å². The van der Waals surface area contributed by atoms with Crippen molar-refractivity contribution in [1.29, 1.82) is 0 Å². The quantitative estimate of drug-likeness (QED) is 0.831. The number of anilines is 1. The molecule has 0 radical (unpaired) electrons. The molecule has 0 aromatic carbocycles. The summed E-state index contributed by atoms with van der Waals surface area (Å²) in [7, 11) is 0. The van der Waals surface area contributed by atoms with Crippen molar-refractivity contribution in [3.63, 3.8) is 0 Å². The molecule has 0 bridgehead atoms. The van der Waals surface area contributed by atoms with E-state index in [0.717, 1.165) is 12.5 Å². The molecule has 0 atom stereocenters. The number of hydrogen-bond acceptors (Lipinski definition) is 3. The predicted octanol–water partition coefficient (Wildman–Crippen LogP) is 2.61. The number of halogens is 1. The Morgan fingerprint density at radius 1 is 1.20 bits per heavy atom. The highest BCUT2D eigenvalue weighted by atomic mass is 19.1. The molecule has 4 heteroatoms. The molecule has 0 amide bonds. The Balaban J connectivity index is 1.79. The van der Waals surface area contributed by atoms with Crippen LogP contribution in [-0.4, -0.2) is 16.5 Å². The van der Waals surface area contributed by atoms with E-state index in [1.54, 1.807) is 0 Å². The Bertz CT molecular complexity index is 293. The molecule has 1 saturated carbocycles. The molecule has 82 valence electrons. The minimum atomic E-state index is -0.391. The van der Waals surface area contributed by atoms with Crippen molar-refractivity contribution < 1.29 is 4.39 Å². The van der Waals surface area contributed by atoms with Gasteiger partial charge < -0.3 is 5.32 Å². The number of aromatic nitrogens is 2. The van der Waals surface area contributed by atoms with Gasteiger partial charge in [0.15, 0.2) is 5.82 Å². The van der Waals surface area contributed by atoms with E-state index in [0.29, 0.717) is 5.95 Å². The standard InChI is InChI=1S/C11H16FN3/c12-10-7-14-11(15-8-10)13-6-9-4-2-1-3-5-9/h7-9H,1-6H2,(H,13,14,15). The maximum absolute atomic E-state index is 12.5. The van der Waals surface area contributed by atoms with Gasteiger partial charge in [-0.1, -0.05) is 19.3 Å². The van der Waals surface area contributed by atoms with Gasteiger partial charge in [-0.15, -0.1) is 0 Å². The van der Waals surface area contributed by atoms with Crippen LogP contribution >= 0.6 is 0 Å². The van der Waals surface area contributed by atoms with Crippen molar-refractivity contribution in [1.82, 2.24) is 9.97 Å². The third-order valence-electron chi connectivity index (χ3n) is 2.89. The number of nitrogens with one attached hydrogen (secondary N) is 1. The Labute approximate surface area is 89.1 Å². The van der Waals surface area contributed by atoms with Gasteiger partial charge in [0, 0.05) is 6.54 Å². The molecular weight excluding hydrogens is 193 g/mol. The monoisotopic (exact) mass is 209 g/mol. The average Bonchev–Trinajstić information content (AvgIpc) is 2.30. The molecule has 0 aliphatic heterocycles. The lowest BCUT2D eigenvalue weighted by Gasteiger charge is -2.21. The smallest absolute Gasteiger partial charge is 0.222 e. The van der Waals surface area contributed by atoms with Crippen molar-refractivity contribution in [2.75, 3.05) is 11.9 Å². The second-order valence-electron chi connectivity index (χ2n) is 4.11. The van der Waals surface area contributed by atoms with Gasteiger partial charge in [-0.2, -0.15) is 0 Å². The van der Waals surface area contributed by atoms with E-state index in [2.05, 4.69) is 15.3 Å². The van der Waals surface area contributed by atoms with Crippen LogP contribution in [0, 0.1) is 11.7 Å². The number of hydrogen-bond donors (Lipinski definition) is 1. The Morgan fingerprint density at radius 2 is 1.87 bits per heavy atom. The molecule has 1 aliphatic carbocycles. The van der Waals surface area contributed by atoms with E-state index in [1.807, 2.05) is 0 Å². The summed E-state index contributed by atoms with van der Waals surface area (Å²) in [4.78, 5) is 7.73. The van der Waals surface area contributed by atoms with Crippen LogP contribution in [-0.2, 0) is 0 Å². The lowest BCUT2D eigenvalue weighted by molar-refractivity contribution is 0.373. The molecule has 0 spiro atoms. The summed E-state index contributed by atoms with van der Waals surface area (Å²) in [5.41, 5.74) is 0. The van der Waals surface area contributed by atoms with E-state index >= 15 is 0 Å².